The van der Waals surface area contributed by atoms with Crippen LogP contribution in [0.3, 0.4) is 0 Å². The molecule has 0 aromatic carbocycles. The van der Waals surface area contributed by atoms with Crippen molar-refractivity contribution in [2.24, 2.45) is 0 Å². The third-order valence-electron chi connectivity index (χ3n) is 6.18. The largest absolute Gasteiger partial charge is 0.462 e. The van der Waals surface area contributed by atoms with Crippen molar-refractivity contribution in [1.29, 1.82) is 0 Å². The lowest BCUT2D eigenvalue weighted by Crippen LogP contribution is -2.49. The topological polar surface area (TPSA) is 195 Å². The van der Waals surface area contributed by atoms with Crippen LogP contribution in [0.4, 0.5) is 4.39 Å². The molecule has 2 aliphatic heterocycles. The highest BCUT2D eigenvalue weighted by Crippen LogP contribution is 2.54. The Morgan fingerprint density at radius 2 is 1.62 bits per heavy atom. The highest BCUT2D eigenvalue weighted by Gasteiger charge is 2.71. The first-order valence-electron chi connectivity index (χ1n) is 13.2. The Labute approximate surface area is 241 Å². The molecular formula is C24H38FN4O12P. The number of nitrogens with one attached hydrogen (secondary N) is 3. The summed E-state index contributed by atoms with van der Waals surface area (Å²) in [5.74, 6) is -4.52. The fourth-order valence-electron chi connectivity index (χ4n) is 4.36. The molecule has 0 saturated carbocycles. The van der Waals surface area contributed by atoms with Gasteiger partial charge in [-0.15, -0.1) is 0 Å². The number of hydrogen-bond acceptors (Lipinski definition) is 12. The van der Waals surface area contributed by atoms with Crippen molar-refractivity contribution in [3.05, 3.63) is 33.1 Å². The van der Waals surface area contributed by atoms with E-state index in [4.69, 9.17) is 32.9 Å². The van der Waals surface area contributed by atoms with Gasteiger partial charge in [0.1, 0.15) is 24.3 Å². The second-order valence-electron chi connectivity index (χ2n) is 10.6. The first kappa shape index (κ1) is 34.0. The Balaban J connectivity index is 1.92. The minimum absolute atomic E-state index is 0.491. The molecule has 3 heterocycles. The maximum atomic E-state index is 16.7. The lowest BCUT2D eigenvalue weighted by atomic mass is 9.95. The van der Waals surface area contributed by atoms with Crippen molar-refractivity contribution >= 4 is 19.6 Å². The average Bonchev–Trinajstić information content (AvgIpc) is 3.33. The Hall–Kier alpha value is -2.50. The van der Waals surface area contributed by atoms with Gasteiger partial charge in [0.05, 0.1) is 12.2 Å². The molecule has 238 valence electrons. The first-order valence-corrected chi connectivity index (χ1v) is 14.8. The van der Waals surface area contributed by atoms with Gasteiger partial charge in [0.2, 0.25) is 0 Å². The molecule has 2 saturated heterocycles. The molecule has 0 spiro atoms. The Kier molecular flexibility index (Phi) is 10.5. The van der Waals surface area contributed by atoms with E-state index in [1.54, 1.807) is 27.7 Å². The van der Waals surface area contributed by atoms with E-state index in [1.807, 2.05) is 0 Å². The molecule has 7 unspecified atom stereocenters. The van der Waals surface area contributed by atoms with E-state index < -0.39 is 92.0 Å². The highest BCUT2D eigenvalue weighted by atomic mass is 31.2. The summed E-state index contributed by atoms with van der Waals surface area (Å²) < 4.78 is 69.3. The van der Waals surface area contributed by atoms with Gasteiger partial charge in [0, 0.05) is 19.4 Å². The van der Waals surface area contributed by atoms with Gasteiger partial charge in [-0.3, -0.25) is 33.0 Å². The van der Waals surface area contributed by atoms with Crippen LogP contribution in [0.25, 0.3) is 0 Å². The fraction of sp³-hybridized carbons (Fsp3) is 0.750. The van der Waals surface area contributed by atoms with Crippen molar-refractivity contribution in [2.75, 3.05) is 13.7 Å². The number of rotatable bonds is 13. The third kappa shape index (κ3) is 7.52. The third-order valence-corrected chi connectivity index (χ3v) is 8.13. The second-order valence-corrected chi connectivity index (χ2v) is 12.5. The molecule has 3 rings (SSSR count). The predicted molar refractivity (Wildman–Crippen MR) is 142 cm³/mol. The summed E-state index contributed by atoms with van der Waals surface area (Å²) in [6.07, 6.45) is -3.02. The van der Waals surface area contributed by atoms with Crippen LogP contribution in [0.2, 0.25) is 0 Å². The fourth-order valence-corrected chi connectivity index (χ4v) is 6.17. The van der Waals surface area contributed by atoms with Gasteiger partial charge >= 0.3 is 25.3 Å². The summed E-state index contributed by atoms with van der Waals surface area (Å²) in [6.45, 7) is 8.04. The van der Waals surface area contributed by atoms with Gasteiger partial charge in [-0.1, -0.05) is 0 Å². The molecule has 2 fully saturated rings. The van der Waals surface area contributed by atoms with E-state index in [2.05, 4.69) is 15.2 Å². The number of carbonyl (C=O) groups excluding carboxylic acids is 2. The molecule has 42 heavy (non-hydrogen) atoms. The summed E-state index contributed by atoms with van der Waals surface area (Å²) in [5, 5.41) is 4.90. The minimum atomic E-state index is -4.47. The Bertz CT molecular complexity index is 1270. The lowest BCUT2D eigenvalue weighted by molar-refractivity contribution is -0.300. The van der Waals surface area contributed by atoms with Crippen molar-refractivity contribution in [3.8, 4) is 0 Å². The van der Waals surface area contributed by atoms with Crippen LogP contribution >= 0.6 is 7.67 Å². The number of hydrogen-bond donors (Lipinski definition) is 3. The first-order chi connectivity index (χ1) is 19.4. The van der Waals surface area contributed by atoms with E-state index in [9.17, 15) is 23.7 Å². The normalized spacial score (nSPS) is 30.1. The summed E-state index contributed by atoms with van der Waals surface area (Å²) in [7, 11) is -3.23. The van der Waals surface area contributed by atoms with Gasteiger partial charge in [0.25, 0.3) is 17.9 Å². The van der Waals surface area contributed by atoms with Crippen molar-refractivity contribution in [2.45, 2.75) is 103 Å². The number of nitrogens with zero attached hydrogens (tertiary/aromatic N) is 1. The molecular weight excluding hydrogens is 586 g/mol. The SMILES string of the molecule is COC1OC2C(F)(COP(=O)(NC(C)C(=O)OC(C)C)NC(C)C(=O)OC(C)C)OC(n3ccc(=O)[nH]c3=O)C2(C)O1. The summed E-state index contributed by atoms with van der Waals surface area (Å²) in [6, 6.07) is -1.44. The lowest BCUT2D eigenvalue weighted by Gasteiger charge is -2.30. The minimum Gasteiger partial charge on any atom is -0.462 e. The van der Waals surface area contributed by atoms with Crippen LogP contribution in [0.5, 0.6) is 0 Å². The molecule has 3 N–H and O–H groups in total. The number of carbonyl (C=O) groups is 2. The standard InChI is InChI=1S/C24H38FN4O12P/c1-12(2)37-17(31)14(5)27-42(34,28-15(6)18(32)38-13(3)4)36-11-24(25)19-23(7,41-22(35-8)39-19)20(40-24)29-10-9-16(30)26-21(29)33/h9-10,12-15,19-20,22H,11H2,1-8H3,(H,26,30,33)(H2,27,28,34). The van der Waals surface area contributed by atoms with Crippen LogP contribution in [-0.2, 0) is 47.1 Å². The number of ether oxygens (including phenoxy) is 6. The zero-order chi connectivity index (χ0) is 31.6. The number of esters is 2. The van der Waals surface area contributed by atoms with Gasteiger partial charge in [0.15, 0.2) is 12.3 Å². The summed E-state index contributed by atoms with van der Waals surface area (Å²) in [4.78, 5) is 51.1. The number of aromatic nitrogens is 2. The van der Waals surface area contributed by atoms with Crippen molar-refractivity contribution < 1.29 is 51.5 Å². The number of H-pyrrole nitrogens is 1. The molecule has 0 amide bonds. The van der Waals surface area contributed by atoms with Gasteiger partial charge in [-0.05, 0) is 48.5 Å². The van der Waals surface area contributed by atoms with Crippen LogP contribution < -0.4 is 21.4 Å². The highest BCUT2D eigenvalue weighted by molar-refractivity contribution is 7.54. The molecule has 1 aromatic rings. The van der Waals surface area contributed by atoms with E-state index in [1.165, 1.54) is 27.9 Å². The van der Waals surface area contributed by atoms with E-state index >= 15 is 4.39 Å². The molecule has 0 bridgehead atoms. The number of aromatic amines is 1. The quantitative estimate of drug-likeness (QED) is 0.206. The molecule has 1 aromatic heterocycles. The molecule has 7 atom stereocenters. The average molecular weight is 625 g/mol. The predicted octanol–water partition coefficient (Wildman–Crippen LogP) is 0.819. The van der Waals surface area contributed by atoms with E-state index in [0.717, 1.165) is 16.8 Å². The smallest absolute Gasteiger partial charge is 0.342 e. The van der Waals surface area contributed by atoms with Crippen molar-refractivity contribution in [3.63, 3.8) is 0 Å². The summed E-state index contributed by atoms with van der Waals surface area (Å²) in [5.41, 5.74) is -3.34. The monoisotopic (exact) mass is 624 g/mol. The molecule has 16 nitrogen and oxygen atoms in total. The zero-order valence-electron chi connectivity index (χ0n) is 24.6. The Morgan fingerprint density at radius 3 is 2.10 bits per heavy atom. The van der Waals surface area contributed by atoms with Gasteiger partial charge in [-0.2, -0.15) is 0 Å². The number of fused-ring (bicyclic) bond motifs is 1. The van der Waals surface area contributed by atoms with E-state index in [-0.39, 0.29) is 0 Å². The number of alkyl halides is 1. The maximum absolute atomic E-state index is 16.7. The van der Waals surface area contributed by atoms with Gasteiger partial charge < -0.3 is 28.4 Å². The zero-order valence-corrected chi connectivity index (χ0v) is 25.5. The molecule has 0 aliphatic carbocycles. The summed E-state index contributed by atoms with van der Waals surface area (Å²) >= 11 is 0. The van der Waals surface area contributed by atoms with Crippen LogP contribution in [0, 0.1) is 0 Å². The van der Waals surface area contributed by atoms with E-state index in [0.29, 0.717) is 0 Å². The number of methoxy groups -OCH3 is 1. The van der Waals surface area contributed by atoms with Crippen LogP contribution in [0.15, 0.2) is 21.9 Å². The number of halogens is 1. The molecule has 0 radical (unpaired) electrons. The van der Waals surface area contributed by atoms with Crippen LogP contribution in [-0.4, -0.2) is 83.5 Å². The van der Waals surface area contributed by atoms with Gasteiger partial charge in [-0.25, -0.2) is 19.4 Å². The maximum Gasteiger partial charge on any atom is 0.342 e. The molecule has 2 aliphatic rings. The Morgan fingerprint density at radius 1 is 1.07 bits per heavy atom. The van der Waals surface area contributed by atoms with Crippen molar-refractivity contribution in [1.82, 2.24) is 19.7 Å². The second kappa shape index (κ2) is 13.0. The molecule has 18 heteroatoms. The van der Waals surface area contributed by atoms with Crippen LogP contribution in [0.1, 0.15) is 54.7 Å².